The topological polar surface area (TPSA) is 85.8 Å². The molecule has 2 heterocycles. The fourth-order valence-corrected chi connectivity index (χ4v) is 3.98. The third-order valence-corrected chi connectivity index (χ3v) is 5.59. The molecule has 0 radical (unpaired) electrons. The van der Waals surface area contributed by atoms with E-state index in [4.69, 9.17) is 4.42 Å². The van der Waals surface area contributed by atoms with E-state index in [1.165, 1.54) is 5.57 Å². The lowest BCUT2D eigenvalue weighted by atomic mass is 9.70. The van der Waals surface area contributed by atoms with Gasteiger partial charge in [-0.15, -0.1) is 10.2 Å². The van der Waals surface area contributed by atoms with Crippen LogP contribution in [0.15, 0.2) is 28.6 Å². The number of imidazole rings is 1. The van der Waals surface area contributed by atoms with Gasteiger partial charge < -0.3 is 14.3 Å². The van der Waals surface area contributed by atoms with E-state index in [-0.39, 0.29) is 5.91 Å². The van der Waals surface area contributed by atoms with Crippen molar-refractivity contribution in [3.63, 3.8) is 0 Å². The van der Waals surface area contributed by atoms with Crippen molar-refractivity contribution in [1.29, 1.82) is 0 Å². The zero-order valence-electron chi connectivity index (χ0n) is 16.8. The number of carbonyl (C=O) groups excluding carboxylic acids is 1. The Bertz CT molecular complexity index is 820. The third-order valence-electron chi connectivity index (χ3n) is 5.59. The first-order chi connectivity index (χ1) is 12.8. The van der Waals surface area contributed by atoms with Crippen molar-refractivity contribution >= 4 is 5.91 Å². The number of nitrogens with zero attached hydrogens (tertiary/aromatic N) is 4. The molecule has 7 heteroatoms. The summed E-state index contributed by atoms with van der Waals surface area (Å²) in [5.41, 5.74) is 2.16. The molecule has 146 valence electrons. The largest absolute Gasteiger partial charge is 0.419 e. The van der Waals surface area contributed by atoms with Crippen LogP contribution in [0.1, 0.15) is 40.0 Å². The summed E-state index contributed by atoms with van der Waals surface area (Å²) in [4.78, 5) is 15.4. The van der Waals surface area contributed by atoms with Gasteiger partial charge in [0.25, 0.3) is 5.89 Å². The van der Waals surface area contributed by atoms with Crippen LogP contribution in [-0.4, -0.2) is 32.2 Å². The van der Waals surface area contributed by atoms with Gasteiger partial charge >= 0.3 is 0 Å². The van der Waals surface area contributed by atoms with E-state index >= 15 is 0 Å². The molecule has 3 atom stereocenters. The van der Waals surface area contributed by atoms with Crippen LogP contribution in [0, 0.1) is 23.7 Å². The number of carbonyl (C=O) groups is 1. The summed E-state index contributed by atoms with van der Waals surface area (Å²) >= 11 is 0. The predicted octanol–water partition coefficient (Wildman–Crippen LogP) is 3.00. The molecule has 0 bridgehead atoms. The van der Waals surface area contributed by atoms with E-state index in [1.54, 1.807) is 19.4 Å². The normalized spacial score (nSPS) is 22.7. The van der Waals surface area contributed by atoms with E-state index in [0.29, 0.717) is 42.0 Å². The second-order valence-electron chi connectivity index (χ2n) is 7.95. The van der Waals surface area contributed by atoms with Gasteiger partial charge in [0, 0.05) is 26.9 Å². The Kier molecular flexibility index (Phi) is 5.77. The van der Waals surface area contributed by atoms with Gasteiger partial charge in [-0.3, -0.25) is 4.79 Å². The highest BCUT2D eigenvalue weighted by atomic mass is 16.4. The zero-order valence-corrected chi connectivity index (χ0v) is 16.8. The van der Waals surface area contributed by atoms with E-state index in [9.17, 15) is 4.79 Å². The van der Waals surface area contributed by atoms with Crippen molar-refractivity contribution in [2.75, 3.05) is 6.54 Å². The van der Waals surface area contributed by atoms with Crippen molar-refractivity contribution in [3.05, 3.63) is 30.1 Å². The lowest BCUT2D eigenvalue weighted by molar-refractivity contribution is -0.119. The molecule has 0 saturated carbocycles. The van der Waals surface area contributed by atoms with Gasteiger partial charge in [0.15, 0.2) is 0 Å². The van der Waals surface area contributed by atoms with Gasteiger partial charge in [-0.05, 0) is 37.0 Å². The highest BCUT2D eigenvalue weighted by Gasteiger charge is 2.32. The number of hydrogen-bond acceptors (Lipinski definition) is 5. The predicted molar refractivity (Wildman–Crippen MR) is 103 cm³/mol. The maximum atomic E-state index is 11.3. The first kappa shape index (κ1) is 19.3. The van der Waals surface area contributed by atoms with Crippen molar-refractivity contribution in [3.8, 4) is 11.6 Å². The molecule has 1 aliphatic rings. The van der Waals surface area contributed by atoms with Gasteiger partial charge in [0.2, 0.25) is 11.8 Å². The fraction of sp³-hybridized carbons (Fsp3) is 0.600. The summed E-state index contributed by atoms with van der Waals surface area (Å²) in [6.07, 6.45) is 7.57. The molecule has 3 rings (SSSR count). The minimum Gasteiger partial charge on any atom is -0.419 e. The molecule has 0 aliphatic heterocycles. The average Bonchev–Trinajstić information content (AvgIpc) is 3.23. The summed E-state index contributed by atoms with van der Waals surface area (Å²) in [7, 11) is 1.91. The highest BCUT2D eigenvalue weighted by Crippen LogP contribution is 2.38. The summed E-state index contributed by atoms with van der Waals surface area (Å²) in [5, 5.41) is 11.4. The number of aromatic nitrogens is 4. The standard InChI is InChI=1S/C20H29N5O2/c1-12(2)17-7-15(13(3)6-16(17)9-22-14(4)26)8-19-23-24-20(27-19)18-10-21-11-25(18)5/h6,10-12,15-17H,7-9H2,1-5H3,(H,22,26). The monoisotopic (exact) mass is 371 g/mol. The Morgan fingerprint density at radius 3 is 2.81 bits per heavy atom. The van der Waals surface area contributed by atoms with Crippen LogP contribution >= 0.6 is 0 Å². The average molecular weight is 371 g/mol. The first-order valence-electron chi connectivity index (χ1n) is 9.57. The number of allylic oxidation sites excluding steroid dienone is 1. The molecular formula is C20H29N5O2. The molecule has 2 aromatic rings. The second-order valence-corrected chi connectivity index (χ2v) is 7.95. The van der Waals surface area contributed by atoms with Gasteiger partial charge in [-0.2, -0.15) is 0 Å². The van der Waals surface area contributed by atoms with Crippen molar-refractivity contribution in [1.82, 2.24) is 25.1 Å². The van der Waals surface area contributed by atoms with Crippen molar-refractivity contribution in [2.24, 2.45) is 30.7 Å². The smallest absolute Gasteiger partial charge is 0.265 e. The molecule has 1 amide bonds. The number of nitrogens with one attached hydrogen (secondary N) is 1. The molecule has 27 heavy (non-hydrogen) atoms. The second kappa shape index (κ2) is 8.06. The number of aryl methyl sites for hydroxylation is 1. The number of hydrogen-bond donors (Lipinski definition) is 1. The molecule has 0 spiro atoms. The van der Waals surface area contributed by atoms with Crippen LogP contribution in [0.4, 0.5) is 0 Å². The quantitative estimate of drug-likeness (QED) is 0.789. The van der Waals surface area contributed by atoms with E-state index in [0.717, 1.165) is 18.5 Å². The first-order valence-corrected chi connectivity index (χ1v) is 9.57. The summed E-state index contributed by atoms with van der Waals surface area (Å²) in [6.45, 7) is 8.95. The van der Waals surface area contributed by atoms with Crippen LogP contribution in [0.25, 0.3) is 11.6 Å². The Morgan fingerprint density at radius 2 is 2.19 bits per heavy atom. The lowest BCUT2D eigenvalue weighted by Crippen LogP contribution is -2.36. The van der Waals surface area contributed by atoms with Crippen LogP contribution in [0.2, 0.25) is 0 Å². The van der Waals surface area contributed by atoms with Crippen molar-refractivity contribution < 1.29 is 9.21 Å². The summed E-state index contributed by atoms with van der Waals surface area (Å²) in [5.74, 6) is 3.01. The Balaban J connectivity index is 1.73. The molecule has 0 fully saturated rings. The molecule has 0 aromatic carbocycles. The minimum absolute atomic E-state index is 0.0271. The zero-order chi connectivity index (χ0) is 19.6. The van der Waals surface area contributed by atoms with Gasteiger partial charge in [0.05, 0.1) is 12.5 Å². The Labute approximate surface area is 160 Å². The Morgan fingerprint density at radius 1 is 1.41 bits per heavy atom. The molecular weight excluding hydrogens is 342 g/mol. The SMILES string of the molecule is CC(=O)NCC1C=C(C)C(Cc2nnc(-c3cncn3C)o2)CC1C(C)C. The van der Waals surface area contributed by atoms with Gasteiger partial charge in [-0.25, -0.2) is 4.98 Å². The van der Waals surface area contributed by atoms with Crippen LogP contribution < -0.4 is 5.32 Å². The molecule has 2 aromatic heterocycles. The van der Waals surface area contributed by atoms with Crippen LogP contribution in [0.5, 0.6) is 0 Å². The molecule has 1 aliphatic carbocycles. The van der Waals surface area contributed by atoms with Gasteiger partial charge in [0.1, 0.15) is 5.69 Å². The maximum absolute atomic E-state index is 11.3. The van der Waals surface area contributed by atoms with E-state index in [1.807, 2.05) is 11.6 Å². The fourth-order valence-electron chi connectivity index (χ4n) is 3.98. The van der Waals surface area contributed by atoms with E-state index < -0.39 is 0 Å². The number of amides is 1. The van der Waals surface area contributed by atoms with Gasteiger partial charge in [-0.1, -0.05) is 25.5 Å². The summed E-state index contributed by atoms with van der Waals surface area (Å²) < 4.78 is 7.76. The molecule has 3 unspecified atom stereocenters. The summed E-state index contributed by atoms with van der Waals surface area (Å²) in [6, 6.07) is 0. The van der Waals surface area contributed by atoms with E-state index in [2.05, 4.69) is 47.3 Å². The Hall–Kier alpha value is -2.44. The highest BCUT2D eigenvalue weighted by molar-refractivity contribution is 5.72. The third kappa shape index (κ3) is 4.46. The minimum atomic E-state index is 0.0271. The maximum Gasteiger partial charge on any atom is 0.265 e. The molecule has 1 N–H and O–H groups in total. The lowest BCUT2D eigenvalue weighted by Gasteiger charge is -2.37. The van der Waals surface area contributed by atoms with Crippen LogP contribution in [-0.2, 0) is 18.3 Å². The van der Waals surface area contributed by atoms with Crippen molar-refractivity contribution in [2.45, 2.75) is 40.5 Å². The molecule has 7 nitrogen and oxygen atoms in total. The molecule has 0 saturated heterocycles. The van der Waals surface area contributed by atoms with Crippen LogP contribution in [0.3, 0.4) is 0 Å². The number of rotatable bonds is 6.